The number of rotatable bonds is 12. The molecule has 0 bridgehead atoms. The van der Waals surface area contributed by atoms with Crippen LogP contribution in [-0.4, -0.2) is 66.3 Å². The Balaban J connectivity index is 3.61. The van der Waals surface area contributed by atoms with Crippen molar-refractivity contribution < 1.29 is 92.5 Å². The predicted molar refractivity (Wildman–Crippen MR) is 91.3 cm³/mol. The minimum Gasteiger partial charge on any atom is -0.485 e. The average molecular weight is 638 g/mol. The van der Waals surface area contributed by atoms with E-state index in [4.69, 9.17) is 11.5 Å². The van der Waals surface area contributed by atoms with Gasteiger partial charge in [0.2, 0.25) is 0 Å². The van der Waals surface area contributed by atoms with Crippen molar-refractivity contribution in [2.75, 3.05) is 18.1 Å². The van der Waals surface area contributed by atoms with Crippen molar-refractivity contribution in [3.05, 3.63) is 18.2 Å². The molecule has 1 rings (SSSR count). The largest absolute Gasteiger partial charge is 0.485 e. The van der Waals surface area contributed by atoms with Gasteiger partial charge in [0.1, 0.15) is 5.75 Å². The molecule has 234 valence electrons. The quantitative estimate of drug-likeness (QED) is 0.188. The molecule has 1 aromatic rings. The summed E-state index contributed by atoms with van der Waals surface area (Å²) in [5.41, 5.74) is 9.21. The van der Waals surface area contributed by atoms with E-state index in [-0.39, 0.29) is 5.69 Å². The molecule has 0 saturated carbocycles. The Morgan fingerprint density at radius 2 is 0.900 bits per heavy atom. The van der Waals surface area contributed by atoms with E-state index in [0.29, 0.717) is 12.1 Å². The molecule has 23 heteroatoms. The summed E-state index contributed by atoms with van der Waals surface area (Å²) in [4.78, 5) is 0. The molecule has 0 aliphatic rings. The van der Waals surface area contributed by atoms with Crippen LogP contribution in [0.4, 0.5) is 99.2 Å². The third kappa shape index (κ3) is 4.65. The van der Waals surface area contributed by atoms with Crippen LogP contribution in [0.5, 0.6) is 5.75 Å². The van der Waals surface area contributed by atoms with E-state index in [0.717, 1.165) is 6.07 Å². The van der Waals surface area contributed by atoms with E-state index in [2.05, 4.69) is 4.74 Å². The minimum absolute atomic E-state index is 0.259. The molecule has 0 atom stereocenters. The molecule has 0 aliphatic carbocycles. The third-order valence-corrected chi connectivity index (χ3v) is 4.96. The summed E-state index contributed by atoms with van der Waals surface area (Å²) in [7, 11) is 0. The molecule has 0 saturated heterocycles. The minimum atomic E-state index is -9.06. The highest BCUT2D eigenvalue weighted by atomic mass is 19.4. The number of nitrogens with two attached hydrogens (primary N) is 2. The first kappa shape index (κ1) is 35.2. The third-order valence-electron chi connectivity index (χ3n) is 4.96. The van der Waals surface area contributed by atoms with Crippen molar-refractivity contribution in [3.8, 4) is 5.75 Å². The summed E-state index contributed by atoms with van der Waals surface area (Å²) in [5.74, 6) is -76.7. The van der Waals surface area contributed by atoms with Crippen LogP contribution < -0.4 is 16.2 Å². The molecule has 0 unspecified atom stereocenters. The summed E-state index contributed by atoms with van der Waals surface area (Å²) in [5, 5.41) is 0. The highest BCUT2D eigenvalue weighted by Gasteiger charge is 2.96. The van der Waals surface area contributed by atoms with Crippen molar-refractivity contribution in [3.63, 3.8) is 0 Å². The smallest absolute Gasteiger partial charge is 0.385 e. The topological polar surface area (TPSA) is 61.3 Å². The molecule has 40 heavy (non-hydrogen) atoms. The van der Waals surface area contributed by atoms with Gasteiger partial charge < -0.3 is 16.2 Å². The van der Waals surface area contributed by atoms with Crippen molar-refractivity contribution >= 4 is 11.4 Å². The molecule has 3 nitrogen and oxygen atoms in total. The van der Waals surface area contributed by atoms with E-state index in [1.54, 1.807) is 0 Å². The Kier molecular flexibility index (Phi) is 8.51. The maximum atomic E-state index is 13.8. The second-order valence-corrected chi connectivity index (χ2v) is 7.73. The van der Waals surface area contributed by atoms with Crippen LogP contribution in [0.25, 0.3) is 0 Å². The van der Waals surface area contributed by atoms with Gasteiger partial charge in [0.25, 0.3) is 0 Å². The number of nitrogen functional groups attached to an aromatic ring is 2. The Morgan fingerprint density at radius 1 is 0.550 bits per heavy atom. The molecule has 1 aromatic carbocycles. The van der Waals surface area contributed by atoms with E-state index >= 15 is 0 Å². The summed E-state index contributed by atoms with van der Waals surface area (Å²) >= 11 is 0. The summed E-state index contributed by atoms with van der Waals surface area (Å²) < 4.78 is 272. The van der Waals surface area contributed by atoms with Gasteiger partial charge in [0.15, 0.2) is 6.61 Å². The van der Waals surface area contributed by atoms with Crippen LogP contribution in [-0.2, 0) is 0 Å². The van der Waals surface area contributed by atoms with E-state index in [1.807, 2.05) is 0 Å². The summed E-state index contributed by atoms with van der Waals surface area (Å²) in [6, 6.07) is 1.88. The Labute approximate surface area is 207 Å². The number of anilines is 2. The normalized spacial score (nSPS) is 15.5. The first-order valence-corrected chi connectivity index (χ1v) is 9.29. The Bertz CT molecular complexity index is 1070. The van der Waals surface area contributed by atoms with Crippen LogP contribution in [0.15, 0.2) is 18.2 Å². The fourth-order valence-corrected chi connectivity index (χ4v) is 2.52. The first-order valence-electron chi connectivity index (χ1n) is 9.29. The van der Waals surface area contributed by atoms with Crippen molar-refractivity contribution in [2.45, 2.75) is 59.7 Å². The second kappa shape index (κ2) is 9.65. The standard InChI is InChI=1S/C17H10F20N2O/c18-8(19)10(22,23)12(26,27)14(30,31)16(34,35)17(36,37)15(32,33)13(28,29)11(24,25)9(20,21)4-40-7-2-1-5(38)3-6(7)39/h1-3,8H,4,38-39H2. The Hall–Kier alpha value is -2.78. The van der Waals surface area contributed by atoms with E-state index in [1.165, 1.54) is 0 Å². The van der Waals surface area contributed by atoms with Crippen molar-refractivity contribution in [1.29, 1.82) is 0 Å². The summed E-state index contributed by atoms with van der Waals surface area (Å²) in [6.07, 6.45) is -6.11. The van der Waals surface area contributed by atoms with Gasteiger partial charge in [0.05, 0.1) is 5.69 Å². The molecule has 0 radical (unpaired) electrons. The molecule has 0 spiro atoms. The lowest BCUT2D eigenvalue weighted by atomic mass is 9.86. The highest BCUT2D eigenvalue weighted by molar-refractivity contribution is 5.60. The highest BCUT2D eigenvalue weighted by Crippen LogP contribution is 2.65. The van der Waals surface area contributed by atoms with E-state index in [9.17, 15) is 87.8 Å². The molecule has 0 amide bonds. The number of benzene rings is 1. The average Bonchev–Trinajstić information content (AvgIpc) is 2.77. The summed E-state index contributed by atoms with van der Waals surface area (Å²) in [6.45, 7) is -3.21. The molecule has 0 heterocycles. The van der Waals surface area contributed by atoms with Crippen molar-refractivity contribution in [2.24, 2.45) is 0 Å². The predicted octanol–water partition coefficient (Wildman–Crippen LogP) is 7.21. The second-order valence-electron chi connectivity index (χ2n) is 7.73. The number of hydrogen-bond acceptors (Lipinski definition) is 3. The van der Waals surface area contributed by atoms with E-state index < -0.39 is 77.8 Å². The number of ether oxygens (including phenoxy) is 1. The Morgan fingerprint density at radius 3 is 1.25 bits per heavy atom. The fraction of sp³-hybridized carbons (Fsp3) is 0.647. The van der Waals surface area contributed by atoms with Crippen LogP contribution in [0, 0.1) is 0 Å². The van der Waals surface area contributed by atoms with Gasteiger partial charge in [0, 0.05) is 5.69 Å². The maximum Gasteiger partial charge on any atom is 0.385 e. The SMILES string of the molecule is Nc1ccc(OCC(F)(F)C(F)(F)C(F)(F)C(F)(F)C(F)(F)C(F)(F)C(F)(F)C(F)(F)C(F)(F)C(F)F)c(N)c1. The molecule has 0 fully saturated rings. The molecule has 0 aromatic heterocycles. The number of alkyl halides is 20. The van der Waals surface area contributed by atoms with Crippen LogP contribution >= 0.6 is 0 Å². The number of hydrogen-bond donors (Lipinski definition) is 2. The maximum absolute atomic E-state index is 13.8. The lowest BCUT2D eigenvalue weighted by Crippen LogP contribution is -2.76. The molecule has 0 aliphatic heterocycles. The van der Waals surface area contributed by atoms with Crippen LogP contribution in [0.2, 0.25) is 0 Å². The van der Waals surface area contributed by atoms with Gasteiger partial charge in [-0.1, -0.05) is 0 Å². The monoisotopic (exact) mass is 638 g/mol. The van der Waals surface area contributed by atoms with Gasteiger partial charge in [-0.05, 0) is 18.2 Å². The zero-order valence-corrected chi connectivity index (χ0v) is 18.1. The first-order chi connectivity index (χ1) is 17.3. The van der Waals surface area contributed by atoms with Gasteiger partial charge in [-0.3, -0.25) is 0 Å². The zero-order valence-electron chi connectivity index (χ0n) is 18.1. The van der Waals surface area contributed by atoms with Crippen LogP contribution in [0.1, 0.15) is 0 Å². The molecular weight excluding hydrogens is 628 g/mol. The zero-order chi connectivity index (χ0) is 32.3. The van der Waals surface area contributed by atoms with Crippen LogP contribution in [0.3, 0.4) is 0 Å². The van der Waals surface area contributed by atoms with Crippen molar-refractivity contribution in [1.82, 2.24) is 0 Å². The van der Waals surface area contributed by atoms with Gasteiger partial charge in [-0.2, -0.15) is 79.0 Å². The van der Waals surface area contributed by atoms with Gasteiger partial charge in [-0.15, -0.1) is 0 Å². The molecule has 4 N–H and O–H groups in total. The number of halogens is 20. The lowest BCUT2D eigenvalue weighted by Gasteiger charge is -2.44. The van der Waals surface area contributed by atoms with Gasteiger partial charge >= 0.3 is 59.7 Å². The molecular formula is C17H10F20N2O. The van der Waals surface area contributed by atoms with Gasteiger partial charge in [-0.25, -0.2) is 8.78 Å². The fourth-order valence-electron chi connectivity index (χ4n) is 2.52. The lowest BCUT2D eigenvalue weighted by molar-refractivity contribution is -0.465.